The largest absolute Gasteiger partial charge is 0.378 e. The molecule has 26 heavy (non-hydrogen) atoms. The zero-order valence-electron chi connectivity index (χ0n) is 14.4. The van der Waals surface area contributed by atoms with E-state index in [4.69, 9.17) is 4.74 Å². The molecule has 0 radical (unpaired) electrons. The summed E-state index contributed by atoms with van der Waals surface area (Å²) in [4.78, 5) is 26.7. The van der Waals surface area contributed by atoms with Crippen LogP contribution in [0.3, 0.4) is 0 Å². The Morgan fingerprint density at radius 1 is 1.04 bits per heavy atom. The molecule has 6 nitrogen and oxygen atoms in total. The normalized spacial score (nSPS) is 22.3. The van der Waals surface area contributed by atoms with Crippen molar-refractivity contribution in [3.63, 3.8) is 0 Å². The smallest absolute Gasteiger partial charge is 0.321 e. The van der Waals surface area contributed by atoms with Crippen LogP contribution in [0.15, 0.2) is 54.6 Å². The van der Waals surface area contributed by atoms with Gasteiger partial charge in [-0.25, -0.2) is 4.79 Å². The molecule has 2 aliphatic heterocycles. The van der Waals surface area contributed by atoms with Crippen molar-refractivity contribution in [3.8, 4) is 11.1 Å². The predicted molar refractivity (Wildman–Crippen MR) is 98.7 cm³/mol. The number of carbonyl (C=O) groups excluding carboxylic acids is 2. The summed E-state index contributed by atoms with van der Waals surface area (Å²) in [7, 11) is 0. The maximum Gasteiger partial charge on any atom is 0.321 e. The molecule has 2 heterocycles. The van der Waals surface area contributed by atoms with Crippen molar-refractivity contribution in [2.24, 2.45) is 5.92 Å². The zero-order valence-corrected chi connectivity index (χ0v) is 14.4. The van der Waals surface area contributed by atoms with Crippen LogP contribution < -0.4 is 10.6 Å². The fraction of sp³-hybridized carbons (Fsp3) is 0.300. The van der Waals surface area contributed by atoms with E-state index in [9.17, 15) is 9.59 Å². The number of nitrogens with one attached hydrogen (secondary N) is 2. The lowest BCUT2D eigenvalue weighted by molar-refractivity contribution is -0.125. The Morgan fingerprint density at radius 2 is 1.81 bits per heavy atom. The Labute approximate surface area is 152 Å². The number of carbonyl (C=O) groups is 2. The third kappa shape index (κ3) is 3.41. The van der Waals surface area contributed by atoms with E-state index in [-0.39, 0.29) is 23.9 Å². The van der Waals surface area contributed by atoms with Crippen LogP contribution in [-0.4, -0.2) is 49.2 Å². The lowest BCUT2D eigenvalue weighted by atomic mass is 10.0. The number of ether oxygens (including phenoxy) is 1. The lowest BCUT2D eigenvalue weighted by Crippen LogP contribution is -2.46. The summed E-state index contributed by atoms with van der Waals surface area (Å²) < 4.78 is 5.51. The fourth-order valence-electron chi connectivity index (χ4n) is 3.45. The molecule has 3 amide bonds. The molecule has 0 saturated carbocycles. The van der Waals surface area contributed by atoms with E-state index < -0.39 is 0 Å². The van der Waals surface area contributed by atoms with Gasteiger partial charge in [0, 0.05) is 18.7 Å². The van der Waals surface area contributed by atoms with Crippen LogP contribution in [0, 0.1) is 5.92 Å². The number of hydrogen-bond donors (Lipinski definition) is 2. The molecule has 0 spiro atoms. The summed E-state index contributed by atoms with van der Waals surface area (Å²) in [5.41, 5.74) is 2.77. The minimum atomic E-state index is -0.322. The van der Waals surface area contributed by atoms with Gasteiger partial charge in [0.1, 0.15) is 0 Å². The van der Waals surface area contributed by atoms with Crippen molar-refractivity contribution in [3.05, 3.63) is 54.6 Å². The van der Waals surface area contributed by atoms with Crippen LogP contribution in [0.5, 0.6) is 0 Å². The standard InChI is InChI=1S/C20H21N3O3/c24-19-15-10-23(11-16(21-19)13-26-12-15)20(25)22-18-9-5-4-8-17(18)14-6-2-1-3-7-14/h1-9,15-16H,10-13H2,(H,21,24)(H,22,25)/t15-,16+/m1/s1. The highest BCUT2D eigenvalue weighted by Gasteiger charge is 2.35. The Kier molecular flexibility index (Phi) is 4.58. The van der Waals surface area contributed by atoms with Gasteiger partial charge in [0.25, 0.3) is 0 Å². The maximum atomic E-state index is 12.9. The first kappa shape index (κ1) is 16.6. The van der Waals surface area contributed by atoms with Crippen molar-refractivity contribution in [1.82, 2.24) is 10.2 Å². The molecule has 0 unspecified atom stereocenters. The first-order valence-corrected chi connectivity index (χ1v) is 8.79. The first-order chi connectivity index (χ1) is 12.7. The maximum absolute atomic E-state index is 12.9. The van der Waals surface area contributed by atoms with E-state index in [0.717, 1.165) is 16.8 Å². The van der Waals surface area contributed by atoms with Gasteiger partial charge in [0.05, 0.1) is 30.9 Å². The molecule has 2 aromatic carbocycles. The summed E-state index contributed by atoms with van der Waals surface area (Å²) in [5.74, 6) is -0.356. The molecule has 2 fully saturated rings. The third-order valence-corrected chi connectivity index (χ3v) is 4.78. The summed E-state index contributed by atoms with van der Waals surface area (Å²) in [6.45, 7) is 1.60. The molecule has 0 aromatic heterocycles. The van der Waals surface area contributed by atoms with Gasteiger partial charge in [0.15, 0.2) is 0 Å². The van der Waals surface area contributed by atoms with Crippen molar-refractivity contribution in [2.45, 2.75) is 6.04 Å². The van der Waals surface area contributed by atoms with Crippen molar-refractivity contribution in [2.75, 3.05) is 31.6 Å². The van der Waals surface area contributed by atoms with Crippen LogP contribution in [0.1, 0.15) is 0 Å². The van der Waals surface area contributed by atoms with Crippen LogP contribution in [0.4, 0.5) is 10.5 Å². The van der Waals surface area contributed by atoms with Crippen LogP contribution in [0.2, 0.25) is 0 Å². The number of benzene rings is 2. The van der Waals surface area contributed by atoms with E-state index in [1.807, 2.05) is 54.6 Å². The van der Waals surface area contributed by atoms with Gasteiger partial charge in [-0.3, -0.25) is 4.79 Å². The molecule has 134 valence electrons. The van der Waals surface area contributed by atoms with Gasteiger partial charge in [-0.2, -0.15) is 0 Å². The van der Waals surface area contributed by atoms with E-state index >= 15 is 0 Å². The highest BCUT2D eigenvalue weighted by Crippen LogP contribution is 2.28. The average molecular weight is 351 g/mol. The predicted octanol–water partition coefficient (Wildman–Crippen LogP) is 2.33. The van der Waals surface area contributed by atoms with E-state index in [2.05, 4.69) is 10.6 Å². The topological polar surface area (TPSA) is 70.7 Å². The highest BCUT2D eigenvalue weighted by molar-refractivity contribution is 5.95. The van der Waals surface area contributed by atoms with Crippen molar-refractivity contribution >= 4 is 17.6 Å². The van der Waals surface area contributed by atoms with Gasteiger partial charge in [0.2, 0.25) is 5.91 Å². The van der Waals surface area contributed by atoms with Gasteiger partial charge >= 0.3 is 6.03 Å². The molecule has 2 aromatic rings. The molecule has 0 aliphatic carbocycles. The SMILES string of the molecule is O=C1N[C@@H]2COC[C@H]1CN(C(=O)Nc1ccccc1-c1ccccc1)C2. The minimum absolute atomic E-state index is 0.0347. The van der Waals surface area contributed by atoms with Gasteiger partial charge in [-0.15, -0.1) is 0 Å². The van der Waals surface area contributed by atoms with E-state index in [0.29, 0.717) is 26.3 Å². The second-order valence-corrected chi connectivity index (χ2v) is 6.69. The molecule has 2 saturated heterocycles. The number of para-hydroxylation sites is 1. The minimum Gasteiger partial charge on any atom is -0.378 e. The summed E-state index contributed by atoms with van der Waals surface area (Å²) >= 11 is 0. The van der Waals surface area contributed by atoms with Crippen LogP contribution >= 0.6 is 0 Å². The Balaban J connectivity index is 1.55. The van der Waals surface area contributed by atoms with Crippen LogP contribution in [-0.2, 0) is 9.53 Å². The molecular weight excluding hydrogens is 330 g/mol. The average Bonchev–Trinajstić information content (AvgIpc) is 2.91. The molecular formula is C20H21N3O3. The van der Waals surface area contributed by atoms with Gasteiger partial charge < -0.3 is 20.3 Å². The molecule has 2 aliphatic rings. The van der Waals surface area contributed by atoms with E-state index in [1.165, 1.54) is 0 Å². The summed E-state index contributed by atoms with van der Waals surface area (Å²) in [6, 6.07) is 17.3. The van der Waals surface area contributed by atoms with Crippen molar-refractivity contribution in [1.29, 1.82) is 0 Å². The third-order valence-electron chi connectivity index (χ3n) is 4.78. The molecule has 2 bridgehead atoms. The number of rotatable bonds is 2. The number of hydrogen-bond acceptors (Lipinski definition) is 3. The second-order valence-electron chi connectivity index (χ2n) is 6.69. The lowest BCUT2D eigenvalue weighted by Gasteiger charge is -2.28. The zero-order chi connectivity index (χ0) is 17.9. The highest BCUT2D eigenvalue weighted by atomic mass is 16.5. The molecule has 2 atom stereocenters. The number of anilines is 1. The first-order valence-electron chi connectivity index (χ1n) is 8.79. The number of nitrogens with zero attached hydrogens (tertiary/aromatic N) is 1. The fourth-order valence-corrected chi connectivity index (χ4v) is 3.45. The Bertz CT molecular complexity index is 809. The van der Waals surface area contributed by atoms with Crippen molar-refractivity contribution < 1.29 is 14.3 Å². The Hall–Kier alpha value is -2.86. The number of amides is 3. The number of urea groups is 1. The second kappa shape index (κ2) is 7.17. The quantitative estimate of drug-likeness (QED) is 0.872. The number of fused-ring (bicyclic) bond motifs is 3. The van der Waals surface area contributed by atoms with Gasteiger partial charge in [-0.1, -0.05) is 48.5 Å². The summed E-state index contributed by atoms with van der Waals surface area (Å²) in [5, 5.41) is 5.96. The molecule has 4 rings (SSSR count). The molecule has 6 heteroatoms. The summed E-state index contributed by atoms with van der Waals surface area (Å²) in [6.07, 6.45) is 0. The Morgan fingerprint density at radius 3 is 2.65 bits per heavy atom. The van der Waals surface area contributed by atoms with E-state index in [1.54, 1.807) is 4.90 Å². The van der Waals surface area contributed by atoms with Gasteiger partial charge in [-0.05, 0) is 11.6 Å². The molecule has 2 N–H and O–H groups in total. The monoisotopic (exact) mass is 351 g/mol. The van der Waals surface area contributed by atoms with Crippen LogP contribution in [0.25, 0.3) is 11.1 Å².